The molecule has 0 saturated heterocycles. The van der Waals surface area contributed by atoms with Gasteiger partial charge in [0.1, 0.15) is 5.75 Å². The van der Waals surface area contributed by atoms with E-state index in [1.54, 1.807) is 23.9 Å². The van der Waals surface area contributed by atoms with Crippen molar-refractivity contribution in [2.45, 2.75) is 11.1 Å². The Morgan fingerprint density at radius 3 is 2.50 bits per heavy atom. The lowest BCUT2D eigenvalue weighted by Crippen LogP contribution is -2.19. The Labute approximate surface area is 119 Å². The molecule has 106 valence electrons. The molecule has 0 atom stereocenters. The molecule has 0 aliphatic carbocycles. The van der Waals surface area contributed by atoms with Crippen LogP contribution in [0.1, 0.15) is 0 Å². The Morgan fingerprint density at radius 2 is 1.80 bits per heavy atom. The van der Waals surface area contributed by atoms with Crippen molar-refractivity contribution in [2.24, 2.45) is 0 Å². The summed E-state index contributed by atoms with van der Waals surface area (Å²) in [5.74, 6) is 0.218. The Bertz CT molecular complexity index is 581. The van der Waals surface area contributed by atoms with Crippen molar-refractivity contribution < 1.29 is 17.9 Å². The second-order valence-corrected chi connectivity index (χ2v) is 4.98. The lowest BCUT2D eigenvalue weighted by atomic mass is 10.1. The van der Waals surface area contributed by atoms with Gasteiger partial charge in [0.25, 0.3) is 0 Å². The van der Waals surface area contributed by atoms with Gasteiger partial charge in [0, 0.05) is 4.90 Å². The Balaban J connectivity index is 2.25. The van der Waals surface area contributed by atoms with Crippen molar-refractivity contribution in [1.82, 2.24) is 0 Å². The highest BCUT2D eigenvalue weighted by molar-refractivity contribution is 7.98. The molecular weight excluding hydrogens is 285 g/mol. The van der Waals surface area contributed by atoms with Crippen LogP contribution in [0.5, 0.6) is 5.75 Å². The normalized spacial score (nSPS) is 11.4. The van der Waals surface area contributed by atoms with Crippen LogP contribution in [-0.4, -0.2) is 19.0 Å². The first kappa shape index (κ1) is 14.8. The molecule has 0 N–H and O–H groups in total. The van der Waals surface area contributed by atoms with E-state index in [4.69, 9.17) is 4.74 Å². The summed E-state index contributed by atoms with van der Waals surface area (Å²) in [6, 6.07) is 14.4. The van der Waals surface area contributed by atoms with Gasteiger partial charge in [-0.1, -0.05) is 30.3 Å². The summed E-state index contributed by atoms with van der Waals surface area (Å²) in [6.07, 6.45) is -2.37. The fourth-order valence-electron chi connectivity index (χ4n) is 1.80. The first-order valence-electron chi connectivity index (χ1n) is 5.92. The number of rotatable bonds is 4. The number of ether oxygens (including phenoxy) is 1. The predicted octanol–water partition coefficient (Wildman–Crippen LogP) is 5.02. The summed E-state index contributed by atoms with van der Waals surface area (Å²) in [4.78, 5) is 1.07. The molecule has 0 spiro atoms. The fraction of sp³-hybridized carbons (Fsp3) is 0.200. The van der Waals surface area contributed by atoms with Crippen LogP contribution >= 0.6 is 11.8 Å². The Morgan fingerprint density at radius 1 is 1.05 bits per heavy atom. The zero-order valence-electron chi connectivity index (χ0n) is 10.8. The lowest BCUT2D eigenvalue weighted by molar-refractivity contribution is -0.153. The third-order valence-corrected chi connectivity index (χ3v) is 3.45. The molecule has 0 unspecified atom stereocenters. The average molecular weight is 298 g/mol. The topological polar surface area (TPSA) is 9.23 Å². The van der Waals surface area contributed by atoms with Crippen LogP contribution in [0.25, 0.3) is 11.1 Å². The maximum absolute atomic E-state index is 12.2. The summed E-state index contributed by atoms with van der Waals surface area (Å²) in [5, 5.41) is 0. The monoisotopic (exact) mass is 298 g/mol. The van der Waals surface area contributed by atoms with Gasteiger partial charge in [-0.2, -0.15) is 13.2 Å². The Kier molecular flexibility index (Phi) is 4.60. The van der Waals surface area contributed by atoms with Crippen LogP contribution < -0.4 is 4.74 Å². The highest BCUT2D eigenvalue weighted by Crippen LogP contribution is 2.32. The van der Waals surface area contributed by atoms with E-state index in [1.165, 1.54) is 6.07 Å². The molecule has 0 aliphatic rings. The first-order chi connectivity index (χ1) is 9.49. The number of thioether (sulfide) groups is 1. The molecular formula is C15H13F3OS. The minimum Gasteiger partial charge on any atom is -0.484 e. The molecule has 0 fully saturated rings. The van der Waals surface area contributed by atoms with Gasteiger partial charge in [-0.25, -0.2) is 0 Å². The molecule has 2 aromatic rings. The summed E-state index contributed by atoms with van der Waals surface area (Å²) in [7, 11) is 0. The minimum atomic E-state index is -4.33. The third-order valence-electron chi connectivity index (χ3n) is 2.65. The van der Waals surface area contributed by atoms with Crippen molar-refractivity contribution in [3.8, 4) is 16.9 Å². The van der Waals surface area contributed by atoms with E-state index in [9.17, 15) is 13.2 Å². The molecule has 2 aromatic carbocycles. The van der Waals surface area contributed by atoms with Gasteiger partial charge in [-0.15, -0.1) is 11.8 Å². The number of halogens is 3. The van der Waals surface area contributed by atoms with E-state index in [0.29, 0.717) is 0 Å². The average Bonchev–Trinajstić information content (AvgIpc) is 2.45. The maximum Gasteiger partial charge on any atom is 0.422 e. The van der Waals surface area contributed by atoms with E-state index in [0.717, 1.165) is 16.0 Å². The van der Waals surface area contributed by atoms with Gasteiger partial charge in [0.15, 0.2) is 6.61 Å². The number of hydrogen-bond donors (Lipinski definition) is 0. The minimum absolute atomic E-state index is 0.218. The largest absolute Gasteiger partial charge is 0.484 e. The smallest absolute Gasteiger partial charge is 0.422 e. The maximum atomic E-state index is 12.2. The third kappa shape index (κ3) is 3.93. The second-order valence-electron chi connectivity index (χ2n) is 4.13. The predicted molar refractivity (Wildman–Crippen MR) is 75.2 cm³/mol. The van der Waals surface area contributed by atoms with E-state index < -0.39 is 12.8 Å². The van der Waals surface area contributed by atoms with Crippen LogP contribution in [0.2, 0.25) is 0 Å². The van der Waals surface area contributed by atoms with Crippen LogP contribution in [0, 0.1) is 0 Å². The zero-order chi connectivity index (χ0) is 14.6. The quantitative estimate of drug-likeness (QED) is 0.733. The van der Waals surface area contributed by atoms with Gasteiger partial charge >= 0.3 is 6.18 Å². The fourth-order valence-corrected chi connectivity index (χ4v) is 2.42. The van der Waals surface area contributed by atoms with Gasteiger partial charge < -0.3 is 4.74 Å². The standard InChI is InChI=1S/C15H13F3OS/c1-20-14-8-3-2-7-13(14)11-5-4-6-12(9-11)19-10-15(16,17)18/h2-9H,10H2,1H3. The first-order valence-corrected chi connectivity index (χ1v) is 7.15. The molecule has 0 aromatic heterocycles. The van der Waals surface area contributed by atoms with Crippen molar-refractivity contribution in [3.05, 3.63) is 48.5 Å². The highest BCUT2D eigenvalue weighted by atomic mass is 32.2. The van der Waals surface area contributed by atoms with E-state index in [-0.39, 0.29) is 5.75 Å². The van der Waals surface area contributed by atoms with Crippen LogP contribution in [0.4, 0.5) is 13.2 Å². The SMILES string of the molecule is CSc1ccccc1-c1cccc(OCC(F)(F)F)c1. The van der Waals surface area contributed by atoms with Gasteiger partial charge in [-0.05, 0) is 35.6 Å². The molecule has 2 rings (SSSR count). The summed E-state index contributed by atoms with van der Waals surface area (Å²) >= 11 is 1.59. The van der Waals surface area contributed by atoms with Crippen LogP contribution in [0.15, 0.2) is 53.4 Å². The summed E-state index contributed by atoms with van der Waals surface area (Å²) in [5.41, 5.74) is 1.83. The van der Waals surface area contributed by atoms with Crippen molar-refractivity contribution in [2.75, 3.05) is 12.9 Å². The molecule has 0 amide bonds. The number of hydrogen-bond acceptors (Lipinski definition) is 2. The molecule has 1 nitrogen and oxygen atoms in total. The molecule has 0 radical (unpaired) electrons. The Hall–Kier alpha value is -1.62. The van der Waals surface area contributed by atoms with Gasteiger partial charge in [0.2, 0.25) is 0 Å². The number of benzene rings is 2. The molecule has 0 saturated carbocycles. The van der Waals surface area contributed by atoms with Crippen molar-refractivity contribution in [1.29, 1.82) is 0 Å². The molecule has 0 aliphatic heterocycles. The molecule has 0 bridgehead atoms. The van der Waals surface area contributed by atoms with Crippen LogP contribution in [-0.2, 0) is 0 Å². The van der Waals surface area contributed by atoms with Crippen molar-refractivity contribution >= 4 is 11.8 Å². The van der Waals surface area contributed by atoms with E-state index >= 15 is 0 Å². The molecule has 0 heterocycles. The van der Waals surface area contributed by atoms with E-state index in [1.807, 2.05) is 36.6 Å². The second kappa shape index (κ2) is 6.22. The van der Waals surface area contributed by atoms with Gasteiger partial charge in [-0.3, -0.25) is 0 Å². The van der Waals surface area contributed by atoms with E-state index in [2.05, 4.69) is 0 Å². The molecule has 5 heteroatoms. The molecule has 20 heavy (non-hydrogen) atoms. The number of alkyl halides is 3. The lowest BCUT2D eigenvalue weighted by Gasteiger charge is -2.11. The zero-order valence-corrected chi connectivity index (χ0v) is 11.6. The van der Waals surface area contributed by atoms with Crippen molar-refractivity contribution in [3.63, 3.8) is 0 Å². The highest BCUT2D eigenvalue weighted by Gasteiger charge is 2.28. The van der Waals surface area contributed by atoms with Gasteiger partial charge in [0.05, 0.1) is 0 Å². The summed E-state index contributed by atoms with van der Waals surface area (Å²) in [6.45, 7) is -1.28. The van der Waals surface area contributed by atoms with Crippen LogP contribution in [0.3, 0.4) is 0 Å². The summed E-state index contributed by atoms with van der Waals surface area (Å²) < 4.78 is 41.2.